The molecule has 0 aliphatic carbocycles. The van der Waals surface area contributed by atoms with Gasteiger partial charge in [0.05, 0.1) is 6.61 Å². The molecule has 1 aliphatic heterocycles. The maximum Gasteiger partial charge on any atom is 0.146 e. The Balaban J connectivity index is 2.00. The number of likely N-dealkylation sites (tertiary alicyclic amines) is 1. The fraction of sp³-hybridized carbons (Fsp3) is 0.571. The molecule has 1 aliphatic rings. The molecule has 0 radical (unpaired) electrons. The van der Waals surface area contributed by atoms with Gasteiger partial charge in [-0.3, -0.25) is 4.90 Å². The van der Waals surface area contributed by atoms with Crippen molar-refractivity contribution >= 4 is 0 Å². The molecule has 1 aromatic carbocycles. The molecule has 1 N–H and O–H groups in total. The number of rotatable bonds is 3. The van der Waals surface area contributed by atoms with Crippen LogP contribution in [0.4, 0.5) is 4.39 Å². The molecule has 1 saturated heterocycles. The third kappa shape index (κ3) is 3.51. The first kappa shape index (κ1) is 12.5. The SMILES string of the molecule is OCC1(F)CCCCN(Cc2ccccc2)C1. The van der Waals surface area contributed by atoms with Gasteiger partial charge in [-0.2, -0.15) is 0 Å². The summed E-state index contributed by atoms with van der Waals surface area (Å²) < 4.78 is 14.2. The Kier molecular flexibility index (Phi) is 4.13. The fourth-order valence-corrected chi connectivity index (χ4v) is 2.44. The summed E-state index contributed by atoms with van der Waals surface area (Å²) in [5, 5.41) is 9.16. The van der Waals surface area contributed by atoms with E-state index in [1.54, 1.807) is 0 Å². The van der Waals surface area contributed by atoms with Crippen LogP contribution in [0.3, 0.4) is 0 Å². The maximum atomic E-state index is 14.2. The van der Waals surface area contributed by atoms with Crippen LogP contribution in [0.2, 0.25) is 0 Å². The van der Waals surface area contributed by atoms with Gasteiger partial charge in [0.2, 0.25) is 0 Å². The lowest BCUT2D eigenvalue weighted by atomic mass is 10.0. The summed E-state index contributed by atoms with van der Waals surface area (Å²) in [5.41, 5.74) is -0.208. The Labute approximate surface area is 102 Å². The standard InChI is InChI=1S/C14H20FNO/c15-14(12-17)8-4-5-9-16(11-14)10-13-6-2-1-3-7-13/h1-3,6-7,17H,4-5,8-12H2. The van der Waals surface area contributed by atoms with Gasteiger partial charge in [0.15, 0.2) is 0 Å². The van der Waals surface area contributed by atoms with Crippen molar-refractivity contribution in [2.75, 3.05) is 19.7 Å². The maximum absolute atomic E-state index is 14.2. The molecule has 1 aromatic rings. The predicted molar refractivity (Wildman–Crippen MR) is 66.5 cm³/mol. The number of aliphatic hydroxyl groups is 1. The van der Waals surface area contributed by atoms with Crippen LogP contribution in [0.5, 0.6) is 0 Å². The monoisotopic (exact) mass is 237 g/mol. The van der Waals surface area contributed by atoms with E-state index >= 15 is 0 Å². The van der Waals surface area contributed by atoms with E-state index in [-0.39, 0.29) is 6.61 Å². The van der Waals surface area contributed by atoms with Gasteiger partial charge in [-0.1, -0.05) is 30.3 Å². The van der Waals surface area contributed by atoms with Crippen LogP contribution in [0.25, 0.3) is 0 Å². The summed E-state index contributed by atoms with van der Waals surface area (Å²) in [7, 11) is 0. The summed E-state index contributed by atoms with van der Waals surface area (Å²) in [4.78, 5) is 2.11. The van der Waals surface area contributed by atoms with Crippen LogP contribution in [-0.2, 0) is 6.54 Å². The molecular weight excluding hydrogens is 217 g/mol. The highest BCUT2D eigenvalue weighted by Crippen LogP contribution is 2.25. The highest BCUT2D eigenvalue weighted by atomic mass is 19.1. The molecule has 0 bridgehead atoms. The average Bonchev–Trinajstić information content (AvgIpc) is 2.53. The lowest BCUT2D eigenvalue weighted by Gasteiger charge is -2.27. The summed E-state index contributed by atoms with van der Waals surface area (Å²) in [6.45, 7) is 1.67. The first-order valence-corrected chi connectivity index (χ1v) is 6.28. The highest BCUT2D eigenvalue weighted by molar-refractivity contribution is 5.14. The third-order valence-corrected chi connectivity index (χ3v) is 3.39. The van der Waals surface area contributed by atoms with E-state index < -0.39 is 5.67 Å². The van der Waals surface area contributed by atoms with Crippen LogP contribution in [0, 0.1) is 0 Å². The molecule has 0 amide bonds. The van der Waals surface area contributed by atoms with E-state index in [1.807, 2.05) is 18.2 Å². The van der Waals surface area contributed by atoms with E-state index in [9.17, 15) is 4.39 Å². The van der Waals surface area contributed by atoms with Gasteiger partial charge in [0.25, 0.3) is 0 Å². The Morgan fingerprint density at radius 2 is 2.00 bits per heavy atom. The molecule has 1 atom stereocenters. The van der Waals surface area contributed by atoms with Gasteiger partial charge in [-0.05, 0) is 31.4 Å². The number of hydrogen-bond acceptors (Lipinski definition) is 2. The molecule has 2 rings (SSSR count). The number of aliphatic hydroxyl groups excluding tert-OH is 1. The van der Waals surface area contributed by atoms with Crippen LogP contribution in [-0.4, -0.2) is 35.4 Å². The van der Waals surface area contributed by atoms with E-state index in [0.717, 1.165) is 25.9 Å². The van der Waals surface area contributed by atoms with Crippen molar-refractivity contribution in [2.45, 2.75) is 31.5 Å². The summed E-state index contributed by atoms with van der Waals surface area (Å²) in [6, 6.07) is 10.1. The average molecular weight is 237 g/mol. The number of halogens is 1. The molecule has 0 spiro atoms. The molecule has 1 fully saturated rings. The Morgan fingerprint density at radius 1 is 1.24 bits per heavy atom. The van der Waals surface area contributed by atoms with Crippen molar-refractivity contribution in [1.82, 2.24) is 4.90 Å². The smallest absolute Gasteiger partial charge is 0.146 e. The number of alkyl halides is 1. The molecule has 2 nitrogen and oxygen atoms in total. The second kappa shape index (κ2) is 5.61. The minimum atomic E-state index is -1.41. The molecule has 94 valence electrons. The molecule has 0 aromatic heterocycles. The summed E-state index contributed by atoms with van der Waals surface area (Å²) in [5.74, 6) is 0. The van der Waals surface area contributed by atoms with E-state index in [4.69, 9.17) is 5.11 Å². The second-order valence-electron chi connectivity index (χ2n) is 4.96. The number of hydrogen-bond donors (Lipinski definition) is 1. The van der Waals surface area contributed by atoms with Gasteiger partial charge in [0.1, 0.15) is 5.67 Å². The van der Waals surface area contributed by atoms with Crippen LogP contribution in [0.1, 0.15) is 24.8 Å². The van der Waals surface area contributed by atoms with Gasteiger partial charge < -0.3 is 5.11 Å². The van der Waals surface area contributed by atoms with Crippen LogP contribution in [0.15, 0.2) is 30.3 Å². The zero-order valence-corrected chi connectivity index (χ0v) is 10.1. The molecule has 0 saturated carbocycles. The first-order chi connectivity index (χ1) is 8.22. The molecule has 17 heavy (non-hydrogen) atoms. The van der Waals surface area contributed by atoms with Crippen LogP contribution < -0.4 is 0 Å². The lowest BCUT2D eigenvalue weighted by Crippen LogP contribution is -2.40. The minimum absolute atomic E-state index is 0.346. The summed E-state index contributed by atoms with van der Waals surface area (Å²) in [6.07, 6.45) is 2.36. The largest absolute Gasteiger partial charge is 0.393 e. The number of benzene rings is 1. The van der Waals surface area contributed by atoms with Gasteiger partial charge in [-0.25, -0.2) is 4.39 Å². The van der Waals surface area contributed by atoms with Gasteiger partial charge >= 0.3 is 0 Å². The van der Waals surface area contributed by atoms with Crippen molar-refractivity contribution in [2.24, 2.45) is 0 Å². The third-order valence-electron chi connectivity index (χ3n) is 3.39. The highest BCUT2D eigenvalue weighted by Gasteiger charge is 2.32. The van der Waals surface area contributed by atoms with Crippen molar-refractivity contribution in [3.05, 3.63) is 35.9 Å². The van der Waals surface area contributed by atoms with Crippen molar-refractivity contribution in [1.29, 1.82) is 0 Å². The Morgan fingerprint density at radius 3 is 2.71 bits per heavy atom. The van der Waals surface area contributed by atoms with Gasteiger partial charge in [0, 0.05) is 13.1 Å². The normalized spacial score (nSPS) is 26.7. The van der Waals surface area contributed by atoms with Crippen molar-refractivity contribution in [3.63, 3.8) is 0 Å². The molecule has 1 unspecified atom stereocenters. The lowest BCUT2D eigenvalue weighted by molar-refractivity contribution is 0.0347. The van der Waals surface area contributed by atoms with Crippen molar-refractivity contribution < 1.29 is 9.50 Å². The second-order valence-corrected chi connectivity index (χ2v) is 4.96. The first-order valence-electron chi connectivity index (χ1n) is 6.28. The zero-order valence-electron chi connectivity index (χ0n) is 10.1. The van der Waals surface area contributed by atoms with E-state index in [2.05, 4.69) is 17.0 Å². The topological polar surface area (TPSA) is 23.5 Å². The van der Waals surface area contributed by atoms with E-state index in [0.29, 0.717) is 13.0 Å². The fourth-order valence-electron chi connectivity index (χ4n) is 2.44. The summed E-state index contributed by atoms with van der Waals surface area (Å²) >= 11 is 0. The number of nitrogens with zero attached hydrogens (tertiary/aromatic N) is 1. The Bertz CT molecular complexity index is 343. The Hall–Kier alpha value is -0.930. The predicted octanol–water partition coefficient (Wildman–Crippen LogP) is 2.37. The molecule has 1 heterocycles. The quantitative estimate of drug-likeness (QED) is 0.872. The minimum Gasteiger partial charge on any atom is -0.393 e. The van der Waals surface area contributed by atoms with E-state index in [1.165, 1.54) is 5.56 Å². The van der Waals surface area contributed by atoms with Crippen LogP contribution >= 0.6 is 0 Å². The molecule has 3 heteroatoms. The van der Waals surface area contributed by atoms with Gasteiger partial charge in [-0.15, -0.1) is 0 Å². The van der Waals surface area contributed by atoms with Crippen molar-refractivity contribution in [3.8, 4) is 0 Å². The zero-order chi connectivity index (χ0) is 12.1. The molecular formula is C14H20FNO.